The summed E-state index contributed by atoms with van der Waals surface area (Å²) in [6, 6.07) is 4.65. The Hall–Kier alpha value is -1.68. The van der Waals surface area contributed by atoms with Gasteiger partial charge in [0.25, 0.3) is 0 Å². The van der Waals surface area contributed by atoms with Crippen LogP contribution in [0.15, 0.2) is 24.4 Å². The highest BCUT2D eigenvalue weighted by Crippen LogP contribution is 2.39. The van der Waals surface area contributed by atoms with Gasteiger partial charge >= 0.3 is 0 Å². The maximum Gasteiger partial charge on any atom is 0.153 e. The smallest absolute Gasteiger partial charge is 0.153 e. The number of rotatable bonds is 4. The third-order valence-corrected chi connectivity index (χ3v) is 4.09. The van der Waals surface area contributed by atoms with Gasteiger partial charge in [0.2, 0.25) is 0 Å². The Labute approximate surface area is 121 Å². The molecule has 1 fully saturated rings. The minimum atomic E-state index is -0.478. The molecular weight excluding hydrogens is 279 g/mol. The van der Waals surface area contributed by atoms with Crippen molar-refractivity contribution in [3.8, 4) is 11.3 Å². The van der Waals surface area contributed by atoms with Crippen LogP contribution in [-0.2, 0) is 0 Å². The summed E-state index contributed by atoms with van der Waals surface area (Å²) in [6.07, 6.45) is 4.93. The second-order valence-electron chi connectivity index (χ2n) is 5.24. The largest absolute Gasteiger partial charge is 0.298 e. The van der Waals surface area contributed by atoms with E-state index in [9.17, 15) is 9.18 Å². The average Bonchev–Trinajstić information content (AvgIpc) is 3.20. The SMILES string of the molecule is CC(C1CC1)n1cc(C=O)c(-c2ccc(F)c(Cl)c2)n1. The summed E-state index contributed by atoms with van der Waals surface area (Å²) in [5.74, 6) is 0.160. The van der Waals surface area contributed by atoms with Gasteiger partial charge in [-0.2, -0.15) is 5.10 Å². The van der Waals surface area contributed by atoms with E-state index in [1.165, 1.54) is 25.0 Å². The third kappa shape index (κ3) is 2.36. The molecular formula is C15H14ClFN2O. The summed E-state index contributed by atoms with van der Waals surface area (Å²) in [5, 5.41) is 4.52. The van der Waals surface area contributed by atoms with Crippen molar-refractivity contribution in [3.05, 3.63) is 40.8 Å². The van der Waals surface area contributed by atoms with Crippen molar-refractivity contribution in [2.75, 3.05) is 0 Å². The number of benzene rings is 1. The highest BCUT2D eigenvalue weighted by atomic mass is 35.5. The molecule has 1 aliphatic rings. The fraction of sp³-hybridized carbons (Fsp3) is 0.333. The van der Waals surface area contributed by atoms with E-state index in [1.807, 2.05) is 4.68 Å². The molecule has 0 spiro atoms. The van der Waals surface area contributed by atoms with Crippen molar-refractivity contribution < 1.29 is 9.18 Å². The van der Waals surface area contributed by atoms with Gasteiger partial charge in [-0.15, -0.1) is 0 Å². The monoisotopic (exact) mass is 292 g/mol. The molecule has 0 amide bonds. The van der Waals surface area contributed by atoms with Crippen molar-refractivity contribution in [1.82, 2.24) is 9.78 Å². The fourth-order valence-electron chi connectivity index (χ4n) is 2.36. The van der Waals surface area contributed by atoms with Crippen LogP contribution in [0, 0.1) is 11.7 Å². The van der Waals surface area contributed by atoms with Crippen molar-refractivity contribution in [3.63, 3.8) is 0 Å². The Kier molecular flexibility index (Phi) is 3.34. The minimum Gasteiger partial charge on any atom is -0.298 e. The van der Waals surface area contributed by atoms with Crippen LogP contribution in [0.3, 0.4) is 0 Å². The molecule has 3 rings (SSSR count). The molecule has 1 atom stereocenters. The molecule has 1 unspecified atom stereocenters. The van der Waals surface area contributed by atoms with Gasteiger partial charge in [0, 0.05) is 11.8 Å². The zero-order valence-corrected chi connectivity index (χ0v) is 11.8. The van der Waals surface area contributed by atoms with Crippen LogP contribution in [0.25, 0.3) is 11.3 Å². The van der Waals surface area contributed by atoms with E-state index >= 15 is 0 Å². The maximum atomic E-state index is 13.2. The Bertz CT molecular complexity index is 664. The summed E-state index contributed by atoms with van der Waals surface area (Å²) < 4.78 is 15.0. The van der Waals surface area contributed by atoms with Gasteiger partial charge < -0.3 is 0 Å². The number of halogens is 2. The number of aldehydes is 1. The molecule has 0 saturated heterocycles. The Morgan fingerprint density at radius 2 is 2.25 bits per heavy atom. The zero-order chi connectivity index (χ0) is 14.3. The molecule has 20 heavy (non-hydrogen) atoms. The van der Waals surface area contributed by atoms with Gasteiger partial charge in [0.05, 0.1) is 16.6 Å². The van der Waals surface area contributed by atoms with Gasteiger partial charge in [-0.25, -0.2) is 4.39 Å². The second kappa shape index (κ2) is 5.02. The maximum absolute atomic E-state index is 13.2. The molecule has 0 bridgehead atoms. The number of hydrogen-bond donors (Lipinski definition) is 0. The van der Waals surface area contributed by atoms with Gasteiger partial charge in [-0.1, -0.05) is 11.6 Å². The zero-order valence-electron chi connectivity index (χ0n) is 11.0. The lowest BCUT2D eigenvalue weighted by Gasteiger charge is -2.09. The molecule has 0 aliphatic heterocycles. The molecule has 0 N–H and O–H groups in total. The lowest BCUT2D eigenvalue weighted by Crippen LogP contribution is -2.07. The number of nitrogens with zero attached hydrogens (tertiary/aromatic N) is 2. The molecule has 1 aromatic carbocycles. The standard InChI is InChI=1S/C15H14ClFN2O/c1-9(10-2-3-10)19-7-12(8-20)15(18-19)11-4-5-14(17)13(16)6-11/h4-10H,2-3H2,1H3. The van der Waals surface area contributed by atoms with Crippen molar-refractivity contribution in [1.29, 1.82) is 0 Å². The van der Waals surface area contributed by atoms with Gasteiger partial charge in [-0.05, 0) is 43.9 Å². The van der Waals surface area contributed by atoms with Crippen LogP contribution in [-0.4, -0.2) is 16.1 Å². The Balaban J connectivity index is 2.02. The van der Waals surface area contributed by atoms with Crippen LogP contribution < -0.4 is 0 Å². The summed E-state index contributed by atoms with van der Waals surface area (Å²) in [6.45, 7) is 2.10. The summed E-state index contributed by atoms with van der Waals surface area (Å²) in [5.41, 5.74) is 1.70. The summed E-state index contributed by atoms with van der Waals surface area (Å²) in [7, 11) is 0. The lowest BCUT2D eigenvalue weighted by atomic mass is 10.1. The molecule has 1 heterocycles. The second-order valence-corrected chi connectivity index (χ2v) is 5.65. The predicted octanol–water partition coefficient (Wildman–Crippen LogP) is 4.13. The number of hydrogen-bond acceptors (Lipinski definition) is 2. The Morgan fingerprint density at radius 3 is 2.85 bits per heavy atom. The van der Waals surface area contributed by atoms with E-state index < -0.39 is 5.82 Å². The normalized spacial score (nSPS) is 16.1. The van der Waals surface area contributed by atoms with Crippen LogP contribution in [0.2, 0.25) is 5.02 Å². The van der Waals surface area contributed by atoms with E-state index in [0.29, 0.717) is 22.7 Å². The van der Waals surface area contributed by atoms with Gasteiger partial charge in [-0.3, -0.25) is 9.48 Å². The van der Waals surface area contributed by atoms with Crippen LogP contribution in [0.4, 0.5) is 4.39 Å². The highest BCUT2D eigenvalue weighted by Gasteiger charge is 2.30. The van der Waals surface area contributed by atoms with E-state index in [1.54, 1.807) is 12.3 Å². The number of carbonyl (C=O) groups is 1. The number of aromatic nitrogens is 2. The molecule has 1 aromatic heterocycles. The third-order valence-electron chi connectivity index (χ3n) is 3.80. The lowest BCUT2D eigenvalue weighted by molar-refractivity contribution is 0.112. The summed E-state index contributed by atoms with van der Waals surface area (Å²) >= 11 is 5.79. The van der Waals surface area contributed by atoms with Crippen molar-refractivity contribution >= 4 is 17.9 Å². The van der Waals surface area contributed by atoms with E-state index in [0.717, 1.165) is 6.29 Å². The summed E-state index contributed by atoms with van der Waals surface area (Å²) in [4.78, 5) is 11.2. The van der Waals surface area contributed by atoms with Gasteiger partial charge in [0.15, 0.2) is 6.29 Å². The first-order chi connectivity index (χ1) is 9.60. The molecule has 104 valence electrons. The average molecular weight is 293 g/mol. The van der Waals surface area contributed by atoms with Crippen LogP contribution >= 0.6 is 11.6 Å². The van der Waals surface area contributed by atoms with E-state index in [2.05, 4.69) is 12.0 Å². The number of carbonyl (C=O) groups excluding carboxylic acids is 1. The molecule has 3 nitrogen and oxygen atoms in total. The molecule has 1 aliphatic carbocycles. The van der Waals surface area contributed by atoms with Crippen molar-refractivity contribution in [2.45, 2.75) is 25.8 Å². The van der Waals surface area contributed by atoms with Crippen LogP contribution in [0.1, 0.15) is 36.2 Å². The van der Waals surface area contributed by atoms with Crippen LogP contribution in [0.5, 0.6) is 0 Å². The van der Waals surface area contributed by atoms with Gasteiger partial charge in [0.1, 0.15) is 11.5 Å². The first kappa shape index (κ1) is 13.3. The molecule has 5 heteroatoms. The quantitative estimate of drug-likeness (QED) is 0.794. The Morgan fingerprint density at radius 1 is 1.50 bits per heavy atom. The van der Waals surface area contributed by atoms with E-state index in [-0.39, 0.29) is 11.1 Å². The first-order valence-corrected chi connectivity index (χ1v) is 6.97. The molecule has 0 radical (unpaired) electrons. The fourth-order valence-corrected chi connectivity index (χ4v) is 2.54. The van der Waals surface area contributed by atoms with E-state index in [4.69, 9.17) is 11.6 Å². The topological polar surface area (TPSA) is 34.9 Å². The molecule has 1 saturated carbocycles. The molecule has 2 aromatic rings. The van der Waals surface area contributed by atoms with Crippen molar-refractivity contribution in [2.24, 2.45) is 5.92 Å². The predicted molar refractivity (Wildman–Crippen MR) is 75.5 cm³/mol. The first-order valence-electron chi connectivity index (χ1n) is 6.60. The highest BCUT2D eigenvalue weighted by molar-refractivity contribution is 6.31. The minimum absolute atomic E-state index is 0.0316.